The summed E-state index contributed by atoms with van der Waals surface area (Å²) in [4.78, 5) is 21.7. The normalized spacial score (nSPS) is 16.6. The van der Waals surface area contributed by atoms with Gasteiger partial charge in [-0.2, -0.15) is 0 Å². The zero-order valence-electron chi connectivity index (χ0n) is 9.66. The van der Waals surface area contributed by atoms with Gasteiger partial charge in [-0.1, -0.05) is 19.3 Å². The van der Waals surface area contributed by atoms with Gasteiger partial charge >= 0.3 is 12.1 Å². The zero-order chi connectivity index (χ0) is 11.8. The average Bonchev–Trinajstić information content (AvgIpc) is 2.25. The van der Waals surface area contributed by atoms with Crippen molar-refractivity contribution in [1.29, 1.82) is 0 Å². The van der Waals surface area contributed by atoms with Gasteiger partial charge in [-0.05, 0) is 12.8 Å². The summed E-state index contributed by atoms with van der Waals surface area (Å²) in [5, 5.41) is 2.81. The third kappa shape index (κ3) is 5.58. The number of hydrogen-bond donors (Lipinski definition) is 1. The van der Waals surface area contributed by atoms with Crippen molar-refractivity contribution < 1.29 is 19.1 Å². The minimum absolute atomic E-state index is 0.109. The highest BCUT2D eigenvalue weighted by atomic mass is 16.6. The molecule has 1 N–H and O–H groups in total. The second-order valence-electron chi connectivity index (χ2n) is 3.96. The standard InChI is InChI=1S/C11H19NO4/c1-9(13)15-7-8-16-11(14)12-10-5-3-2-4-6-10/h10H,2-8H2,1H3,(H,12,14). The van der Waals surface area contributed by atoms with E-state index in [1.807, 2.05) is 0 Å². The molecule has 0 unspecified atom stereocenters. The second kappa shape index (κ2) is 7.09. The van der Waals surface area contributed by atoms with Gasteiger partial charge in [0.05, 0.1) is 0 Å². The van der Waals surface area contributed by atoms with Crippen LogP contribution in [0.2, 0.25) is 0 Å². The van der Waals surface area contributed by atoms with E-state index in [1.54, 1.807) is 0 Å². The minimum Gasteiger partial charge on any atom is -0.462 e. The lowest BCUT2D eigenvalue weighted by atomic mass is 9.96. The number of amides is 1. The van der Waals surface area contributed by atoms with Crippen molar-refractivity contribution in [3.63, 3.8) is 0 Å². The van der Waals surface area contributed by atoms with Gasteiger partial charge in [0, 0.05) is 13.0 Å². The molecule has 1 saturated carbocycles. The number of hydrogen-bond acceptors (Lipinski definition) is 4. The molecule has 0 saturated heterocycles. The first-order valence-electron chi connectivity index (χ1n) is 5.75. The van der Waals surface area contributed by atoms with E-state index in [0.717, 1.165) is 12.8 Å². The van der Waals surface area contributed by atoms with Crippen LogP contribution < -0.4 is 5.32 Å². The largest absolute Gasteiger partial charge is 0.462 e. The van der Waals surface area contributed by atoms with Crippen molar-refractivity contribution in [2.45, 2.75) is 45.1 Å². The van der Waals surface area contributed by atoms with Gasteiger partial charge in [-0.25, -0.2) is 4.79 Å². The smallest absolute Gasteiger partial charge is 0.407 e. The van der Waals surface area contributed by atoms with Crippen molar-refractivity contribution in [1.82, 2.24) is 5.32 Å². The van der Waals surface area contributed by atoms with E-state index in [-0.39, 0.29) is 25.2 Å². The lowest BCUT2D eigenvalue weighted by Gasteiger charge is -2.22. The van der Waals surface area contributed by atoms with Gasteiger partial charge in [0.1, 0.15) is 13.2 Å². The zero-order valence-corrected chi connectivity index (χ0v) is 9.66. The summed E-state index contributed by atoms with van der Waals surface area (Å²) in [6, 6.07) is 0.245. The summed E-state index contributed by atoms with van der Waals surface area (Å²) in [6.45, 7) is 1.55. The topological polar surface area (TPSA) is 64.6 Å². The Morgan fingerprint density at radius 2 is 1.75 bits per heavy atom. The SMILES string of the molecule is CC(=O)OCCOC(=O)NC1CCCCC1. The summed E-state index contributed by atoms with van der Waals surface area (Å²) in [5.41, 5.74) is 0. The molecule has 0 spiro atoms. The van der Waals surface area contributed by atoms with E-state index in [1.165, 1.54) is 26.2 Å². The maximum atomic E-state index is 11.3. The quantitative estimate of drug-likeness (QED) is 0.587. The van der Waals surface area contributed by atoms with Crippen LogP contribution in [0.4, 0.5) is 4.79 Å². The molecule has 1 rings (SSSR count). The van der Waals surface area contributed by atoms with Gasteiger partial charge in [0.2, 0.25) is 0 Å². The monoisotopic (exact) mass is 229 g/mol. The minimum atomic E-state index is -0.418. The molecule has 0 aliphatic heterocycles. The molecular formula is C11H19NO4. The molecule has 1 fully saturated rings. The van der Waals surface area contributed by atoms with Crippen LogP contribution in [0.25, 0.3) is 0 Å². The Bertz CT molecular complexity index is 236. The molecule has 5 nitrogen and oxygen atoms in total. The number of nitrogens with one attached hydrogen (secondary N) is 1. The Labute approximate surface area is 95.5 Å². The van der Waals surface area contributed by atoms with Crippen LogP contribution in [0.3, 0.4) is 0 Å². The maximum Gasteiger partial charge on any atom is 0.407 e. The van der Waals surface area contributed by atoms with Crippen LogP contribution in [0, 0.1) is 0 Å². The highest BCUT2D eigenvalue weighted by Crippen LogP contribution is 2.17. The molecule has 16 heavy (non-hydrogen) atoms. The van der Waals surface area contributed by atoms with Crippen LogP contribution >= 0.6 is 0 Å². The van der Waals surface area contributed by atoms with Crippen LogP contribution in [0.5, 0.6) is 0 Å². The predicted molar refractivity (Wildman–Crippen MR) is 58.0 cm³/mol. The first kappa shape index (κ1) is 12.8. The van der Waals surface area contributed by atoms with Gasteiger partial charge < -0.3 is 14.8 Å². The highest BCUT2D eigenvalue weighted by molar-refractivity contribution is 5.67. The second-order valence-corrected chi connectivity index (χ2v) is 3.96. The number of rotatable bonds is 4. The maximum absolute atomic E-state index is 11.3. The molecule has 0 atom stereocenters. The average molecular weight is 229 g/mol. The van der Waals surface area contributed by atoms with E-state index >= 15 is 0 Å². The lowest BCUT2D eigenvalue weighted by Crippen LogP contribution is -2.37. The number of esters is 1. The third-order valence-electron chi connectivity index (χ3n) is 2.55. The number of alkyl carbamates (subject to hydrolysis) is 1. The van der Waals surface area contributed by atoms with Crippen molar-refractivity contribution in [3.05, 3.63) is 0 Å². The van der Waals surface area contributed by atoms with Crippen LogP contribution in [-0.2, 0) is 14.3 Å². The first-order valence-corrected chi connectivity index (χ1v) is 5.75. The first-order chi connectivity index (χ1) is 7.68. The fourth-order valence-electron chi connectivity index (χ4n) is 1.78. The van der Waals surface area contributed by atoms with E-state index < -0.39 is 6.09 Å². The third-order valence-corrected chi connectivity index (χ3v) is 2.55. The molecule has 0 radical (unpaired) electrons. The molecule has 1 aliphatic rings. The molecule has 0 heterocycles. The summed E-state index contributed by atoms with van der Waals surface area (Å²) in [6.07, 6.45) is 5.22. The molecule has 1 aliphatic carbocycles. The van der Waals surface area contributed by atoms with E-state index in [4.69, 9.17) is 4.74 Å². The Hall–Kier alpha value is -1.26. The fraction of sp³-hybridized carbons (Fsp3) is 0.818. The summed E-state index contributed by atoms with van der Waals surface area (Å²) < 4.78 is 9.51. The Morgan fingerprint density at radius 3 is 2.38 bits per heavy atom. The van der Waals surface area contributed by atoms with E-state index in [2.05, 4.69) is 10.1 Å². The molecule has 1 amide bonds. The summed E-state index contributed by atoms with van der Waals surface area (Å²) >= 11 is 0. The van der Waals surface area contributed by atoms with Gasteiger partial charge in [-0.3, -0.25) is 4.79 Å². The van der Waals surface area contributed by atoms with Crippen LogP contribution in [0.15, 0.2) is 0 Å². The predicted octanol–water partition coefficient (Wildman–Crippen LogP) is 1.61. The van der Waals surface area contributed by atoms with Gasteiger partial charge in [0.15, 0.2) is 0 Å². The van der Waals surface area contributed by atoms with Gasteiger partial charge in [0.25, 0.3) is 0 Å². The van der Waals surface area contributed by atoms with Crippen LogP contribution in [-0.4, -0.2) is 31.3 Å². The Kier molecular flexibility index (Phi) is 5.67. The molecule has 92 valence electrons. The molecule has 5 heteroatoms. The molecule has 0 aromatic rings. The van der Waals surface area contributed by atoms with Crippen LogP contribution in [0.1, 0.15) is 39.0 Å². The molecule has 0 aromatic heterocycles. The van der Waals surface area contributed by atoms with Crippen molar-refractivity contribution in [3.8, 4) is 0 Å². The highest BCUT2D eigenvalue weighted by Gasteiger charge is 2.15. The summed E-state index contributed by atoms with van der Waals surface area (Å²) in [7, 11) is 0. The Balaban J connectivity index is 2.03. The molecule has 0 bridgehead atoms. The van der Waals surface area contributed by atoms with E-state index in [0.29, 0.717) is 0 Å². The number of carbonyl (C=O) groups excluding carboxylic acids is 2. The lowest BCUT2D eigenvalue weighted by molar-refractivity contribution is -0.141. The Morgan fingerprint density at radius 1 is 1.12 bits per heavy atom. The van der Waals surface area contributed by atoms with Crippen molar-refractivity contribution >= 4 is 12.1 Å². The van der Waals surface area contributed by atoms with Crippen molar-refractivity contribution in [2.24, 2.45) is 0 Å². The van der Waals surface area contributed by atoms with Crippen molar-refractivity contribution in [2.75, 3.05) is 13.2 Å². The molecular weight excluding hydrogens is 210 g/mol. The fourth-order valence-corrected chi connectivity index (χ4v) is 1.78. The number of carbonyl (C=O) groups is 2. The van der Waals surface area contributed by atoms with Gasteiger partial charge in [-0.15, -0.1) is 0 Å². The molecule has 0 aromatic carbocycles. The van der Waals surface area contributed by atoms with E-state index in [9.17, 15) is 9.59 Å². The summed E-state index contributed by atoms with van der Waals surface area (Å²) in [5.74, 6) is -0.365. The number of ether oxygens (including phenoxy) is 2.